The minimum Gasteiger partial charge on any atom is -0.444 e. The van der Waals surface area contributed by atoms with Gasteiger partial charge in [-0.1, -0.05) is 30.3 Å². The standard InChI is InChI=1S/C20H31N3O2/c1-20(2,3)25-19(24)21-9-10-22-12-17-14-23(15-18(17)13-22)11-16-7-5-4-6-8-16/h4-8,17-18H,9-15H2,1-3H3,(H,21,24). The van der Waals surface area contributed by atoms with Gasteiger partial charge in [0.2, 0.25) is 0 Å². The van der Waals surface area contributed by atoms with Crippen LogP contribution in [0.1, 0.15) is 26.3 Å². The molecule has 0 aromatic heterocycles. The average Bonchev–Trinajstić information content (AvgIpc) is 3.04. The summed E-state index contributed by atoms with van der Waals surface area (Å²) in [6.07, 6.45) is -0.319. The second kappa shape index (κ2) is 7.75. The lowest BCUT2D eigenvalue weighted by molar-refractivity contribution is 0.0523. The molecule has 2 fully saturated rings. The molecule has 5 heteroatoms. The highest BCUT2D eigenvalue weighted by molar-refractivity contribution is 5.67. The molecule has 0 aliphatic carbocycles. The molecule has 138 valence electrons. The van der Waals surface area contributed by atoms with Gasteiger partial charge in [0.15, 0.2) is 0 Å². The van der Waals surface area contributed by atoms with E-state index in [1.54, 1.807) is 0 Å². The van der Waals surface area contributed by atoms with Crippen molar-refractivity contribution in [2.45, 2.75) is 32.9 Å². The topological polar surface area (TPSA) is 44.8 Å². The summed E-state index contributed by atoms with van der Waals surface area (Å²) in [5.41, 5.74) is 0.970. The van der Waals surface area contributed by atoms with Gasteiger partial charge in [-0.3, -0.25) is 4.90 Å². The van der Waals surface area contributed by atoms with Crippen molar-refractivity contribution < 1.29 is 9.53 Å². The van der Waals surface area contributed by atoms with Crippen molar-refractivity contribution in [3.05, 3.63) is 35.9 Å². The molecule has 2 saturated heterocycles. The molecule has 2 heterocycles. The van der Waals surface area contributed by atoms with Crippen molar-refractivity contribution >= 4 is 6.09 Å². The van der Waals surface area contributed by atoms with Gasteiger partial charge in [0.25, 0.3) is 0 Å². The van der Waals surface area contributed by atoms with Crippen LogP contribution in [-0.2, 0) is 11.3 Å². The summed E-state index contributed by atoms with van der Waals surface area (Å²) >= 11 is 0. The molecule has 1 aromatic carbocycles. The average molecular weight is 345 g/mol. The first-order valence-electron chi connectivity index (χ1n) is 9.34. The first-order chi connectivity index (χ1) is 11.9. The van der Waals surface area contributed by atoms with Crippen LogP contribution in [0.15, 0.2) is 30.3 Å². The van der Waals surface area contributed by atoms with E-state index in [-0.39, 0.29) is 6.09 Å². The number of nitrogens with zero attached hydrogens (tertiary/aromatic N) is 2. The van der Waals surface area contributed by atoms with Gasteiger partial charge in [0.1, 0.15) is 5.60 Å². The van der Waals surface area contributed by atoms with Crippen LogP contribution in [0.3, 0.4) is 0 Å². The second-order valence-corrected chi connectivity index (χ2v) is 8.39. The molecule has 1 N–H and O–H groups in total. The highest BCUT2D eigenvalue weighted by atomic mass is 16.6. The van der Waals surface area contributed by atoms with Crippen LogP contribution in [-0.4, -0.2) is 60.8 Å². The van der Waals surface area contributed by atoms with Crippen molar-refractivity contribution in [1.29, 1.82) is 0 Å². The summed E-state index contributed by atoms with van der Waals surface area (Å²) in [4.78, 5) is 16.7. The number of carbonyl (C=O) groups is 1. The van der Waals surface area contributed by atoms with Crippen molar-refractivity contribution in [3.8, 4) is 0 Å². The van der Waals surface area contributed by atoms with Crippen LogP contribution in [0.2, 0.25) is 0 Å². The van der Waals surface area contributed by atoms with E-state index in [9.17, 15) is 4.79 Å². The van der Waals surface area contributed by atoms with Gasteiger partial charge in [0.05, 0.1) is 0 Å². The first kappa shape index (κ1) is 18.2. The summed E-state index contributed by atoms with van der Waals surface area (Å²) in [6, 6.07) is 10.7. The van der Waals surface area contributed by atoms with Gasteiger partial charge >= 0.3 is 6.09 Å². The molecule has 3 rings (SSSR count). The SMILES string of the molecule is CC(C)(C)OC(=O)NCCN1CC2CN(Cc3ccccc3)CC2C1. The fourth-order valence-electron chi connectivity index (χ4n) is 3.97. The summed E-state index contributed by atoms with van der Waals surface area (Å²) in [6.45, 7) is 12.9. The van der Waals surface area contributed by atoms with Gasteiger partial charge in [-0.2, -0.15) is 0 Å². The third kappa shape index (κ3) is 5.44. The fourth-order valence-corrected chi connectivity index (χ4v) is 3.97. The van der Waals surface area contributed by atoms with Crippen LogP contribution in [0.25, 0.3) is 0 Å². The Morgan fingerprint density at radius 3 is 2.28 bits per heavy atom. The van der Waals surface area contributed by atoms with Gasteiger partial charge < -0.3 is 15.0 Å². The molecule has 25 heavy (non-hydrogen) atoms. The predicted molar refractivity (Wildman–Crippen MR) is 99.4 cm³/mol. The lowest BCUT2D eigenvalue weighted by Gasteiger charge is -2.22. The van der Waals surface area contributed by atoms with Crippen LogP contribution in [0.5, 0.6) is 0 Å². The predicted octanol–water partition coefficient (Wildman–Crippen LogP) is 2.57. The van der Waals surface area contributed by atoms with Crippen LogP contribution in [0, 0.1) is 11.8 Å². The first-order valence-corrected chi connectivity index (χ1v) is 9.34. The summed E-state index contributed by atoms with van der Waals surface area (Å²) < 4.78 is 5.27. The number of rotatable bonds is 5. The molecule has 2 atom stereocenters. The molecule has 1 aromatic rings. The molecule has 0 bridgehead atoms. The summed E-state index contributed by atoms with van der Waals surface area (Å²) in [5.74, 6) is 1.54. The fraction of sp³-hybridized carbons (Fsp3) is 0.650. The number of amides is 1. The molecule has 5 nitrogen and oxygen atoms in total. The molecular weight excluding hydrogens is 314 g/mol. The zero-order chi connectivity index (χ0) is 17.9. The van der Waals surface area contributed by atoms with E-state index >= 15 is 0 Å². The molecular formula is C20H31N3O2. The zero-order valence-corrected chi connectivity index (χ0v) is 15.7. The maximum absolute atomic E-state index is 11.7. The Balaban J connectivity index is 1.35. The van der Waals surface area contributed by atoms with E-state index < -0.39 is 5.60 Å². The highest BCUT2D eigenvalue weighted by Gasteiger charge is 2.39. The van der Waals surface area contributed by atoms with Crippen LogP contribution < -0.4 is 5.32 Å². The Kier molecular flexibility index (Phi) is 5.64. The van der Waals surface area contributed by atoms with Gasteiger partial charge in [-0.25, -0.2) is 4.79 Å². The van der Waals surface area contributed by atoms with Gasteiger partial charge in [-0.05, 0) is 38.2 Å². The molecule has 0 radical (unpaired) electrons. The normalized spacial score (nSPS) is 24.3. The maximum Gasteiger partial charge on any atom is 0.407 e. The number of fused-ring (bicyclic) bond motifs is 1. The van der Waals surface area contributed by atoms with E-state index in [0.717, 1.165) is 38.0 Å². The van der Waals surface area contributed by atoms with E-state index in [1.165, 1.54) is 18.7 Å². The minimum absolute atomic E-state index is 0.319. The number of carbonyl (C=O) groups excluding carboxylic acids is 1. The Morgan fingerprint density at radius 2 is 1.68 bits per heavy atom. The van der Waals surface area contributed by atoms with Crippen LogP contribution >= 0.6 is 0 Å². The Bertz CT molecular complexity index is 556. The van der Waals surface area contributed by atoms with Gasteiger partial charge in [0, 0.05) is 45.8 Å². The second-order valence-electron chi connectivity index (χ2n) is 8.39. The number of hydrogen-bond acceptors (Lipinski definition) is 4. The Morgan fingerprint density at radius 1 is 1.08 bits per heavy atom. The van der Waals surface area contributed by atoms with E-state index in [1.807, 2.05) is 20.8 Å². The number of alkyl carbamates (subject to hydrolysis) is 1. The maximum atomic E-state index is 11.7. The summed E-state index contributed by atoms with van der Waals surface area (Å²) in [7, 11) is 0. The van der Waals surface area contributed by atoms with Gasteiger partial charge in [-0.15, -0.1) is 0 Å². The van der Waals surface area contributed by atoms with Crippen molar-refractivity contribution in [1.82, 2.24) is 15.1 Å². The number of hydrogen-bond donors (Lipinski definition) is 1. The number of nitrogens with one attached hydrogen (secondary N) is 1. The number of ether oxygens (including phenoxy) is 1. The summed E-state index contributed by atoms with van der Waals surface area (Å²) in [5, 5.41) is 2.86. The lowest BCUT2D eigenvalue weighted by atomic mass is 10.0. The molecule has 0 spiro atoms. The van der Waals surface area contributed by atoms with Crippen molar-refractivity contribution in [3.63, 3.8) is 0 Å². The van der Waals surface area contributed by atoms with Crippen LogP contribution in [0.4, 0.5) is 4.79 Å². The largest absolute Gasteiger partial charge is 0.444 e. The third-order valence-corrected chi connectivity index (χ3v) is 4.98. The molecule has 2 unspecified atom stereocenters. The minimum atomic E-state index is -0.434. The van der Waals surface area contributed by atoms with Crippen molar-refractivity contribution in [2.24, 2.45) is 11.8 Å². The molecule has 2 aliphatic heterocycles. The molecule has 1 amide bonds. The smallest absolute Gasteiger partial charge is 0.407 e. The lowest BCUT2D eigenvalue weighted by Crippen LogP contribution is -2.38. The molecule has 2 aliphatic rings. The quantitative estimate of drug-likeness (QED) is 0.891. The van der Waals surface area contributed by atoms with Crippen molar-refractivity contribution in [2.75, 3.05) is 39.3 Å². The Labute approximate surface area is 151 Å². The van der Waals surface area contributed by atoms with E-state index in [4.69, 9.17) is 4.74 Å². The third-order valence-electron chi connectivity index (χ3n) is 4.98. The van der Waals surface area contributed by atoms with E-state index in [2.05, 4.69) is 45.4 Å². The highest BCUT2D eigenvalue weighted by Crippen LogP contribution is 2.31. The van der Waals surface area contributed by atoms with E-state index in [0.29, 0.717) is 6.54 Å². The molecule has 0 saturated carbocycles. The monoisotopic (exact) mass is 345 g/mol. The number of benzene rings is 1. The Hall–Kier alpha value is -1.59. The number of likely N-dealkylation sites (tertiary alicyclic amines) is 2. The zero-order valence-electron chi connectivity index (χ0n) is 15.7.